The number of benzene rings is 1. The summed E-state index contributed by atoms with van der Waals surface area (Å²) in [5, 5.41) is 14.3. The van der Waals surface area contributed by atoms with Gasteiger partial charge in [-0.25, -0.2) is 0 Å². The molecule has 4 N–H and O–H groups in total. The molecule has 1 aromatic heterocycles. The molecular formula is C23H26N2O4S. The van der Waals surface area contributed by atoms with Crippen LogP contribution in [0.3, 0.4) is 0 Å². The average Bonchev–Trinajstić information content (AvgIpc) is 3.16. The average molecular weight is 427 g/mol. The van der Waals surface area contributed by atoms with Crippen molar-refractivity contribution in [3.63, 3.8) is 0 Å². The van der Waals surface area contributed by atoms with E-state index in [4.69, 9.17) is 5.73 Å². The molecule has 7 heteroatoms. The molecule has 0 bridgehead atoms. The number of thiophene rings is 1. The van der Waals surface area contributed by atoms with Crippen LogP contribution in [-0.2, 0) is 16.0 Å². The van der Waals surface area contributed by atoms with Crippen molar-refractivity contribution in [2.24, 2.45) is 17.6 Å². The lowest BCUT2D eigenvalue weighted by molar-refractivity contribution is -0.146. The Bertz CT molecular complexity index is 962. The maximum atomic E-state index is 12.8. The Kier molecular flexibility index (Phi) is 7.05. The molecule has 0 aliphatic heterocycles. The van der Waals surface area contributed by atoms with Crippen LogP contribution < -0.4 is 11.1 Å². The van der Waals surface area contributed by atoms with Gasteiger partial charge in [-0.1, -0.05) is 49.8 Å². The van der Waals surface area contributed by atoms with Gasteiger partial charge in [0.2, 0.25) is 5.91 Å². The minimum atomic E-state index is -0.996. The Labute approximate surface area is 179 Å². The van der Waals surface area contributed by atoms with Crippen molar-refractivity contribution in [1.82, 2.24) is 0 Å². The van der Waals surface area contributed by atoms with Gasteiger partial charge in [-0.3, -0.25) is 14.4 Å². The van der Waals surface area contributed by atoms with Gasteiger partial charge in [-0.05, 0) is 36.8 Å². The zero-order chi connectivity index (χ0) is 21.7. The number of allylic oxidation sites excluding steroid dienone is 2. The summed E-state index contributed by atoms with van der Waals surface area (Å²) in [5.41, 5.74) is 8.64. The first-order valence-electron chi connectivity index (χ1n) is 10.1. The maximum Gasteiger partial charge on any atom is 0.307 e. The number of nitrogens with one attached hydrogen (secondary N) is 1. The van der Waals surface area contributed by atoms with Crippen LogP contribution in [0.2, 0.25) is 0 Å². The molecule has 0 unspecified atom stereocenters. The molecule has 158 valence electrons. The highest BCUT2D eigenvalue weighted by Gasteiger charge is 2.34. The molecule has 2 atom stereocenters. The van der Waals surface area contributed by atoms with E-state index in [0.717, 1.165) is 24.8 Å². The topological polar surface area (TPSA) is 109 Å². The Morgan fingerprint density at radius 3 is 2.40 bits per heavy atom. The number of carboxylic acid groups (broad SMARTS) is 1. The second-order valence-electron chi connectivity index (χ2n) is 7.50. The molecular weight excluding hydrogens is 400 g/mol. The van der Waals surface area contributed by atoms with Crippen LogP contribution in [0.5, 0.6) is 0 Å². The Hall–Kier alpha value is -2.93. The highest BCUT2D eigenvalue weighted by Crippen LogP contribution is 2.37. The lowest BCUT2D eigenvalue weighted by Crippen LogP contribution is -2.35. The largest absolute Gasteiger partial charge is 0.481 e. The highest BCUT2D eigenvalue weighted by atomic mass is 32.1. The minimum absolute atomic E-state index is 0.257. The summed E-state index contributed by atoms with van der Waals surface area (Å²) in [6.45, 7) is 2.15. The Morgan fingerprint density at radius 2 is 1.80 bits per heavy atom. The van der Waals surface area contributed by atoms with Gasteiger partial charge >= 0.3 is 5.97 Å². The molecule has 0 fully saturated rings. The molecule has 1 aliphatic rings. The number of anilines is 1. The molecule has 1 heterocycles. The van der Waals surface area contributed by atoms with Crippen LogP contribution in [-0.4, -0.2) is 22.9 Å². The number of aryl methyl sites for hydroxylation is 1. The number of hydrogen-bond acceptors (Lipinski definition) is 4. The Balaban J connectivity index is 1.84. The van der Waals surface area contributed by atoms with Crippen LogP contribution >= 0.6 is 11.3 Å². The summed E-state index contributed by atoms with van der Waals surface area (Å²) >= 11 is 1.22. The number of hydrogen-bond donors (Lipinski definition) is 3. The third kappa shape index (κ3) is 4.79. The molecule has 2 amide bonds. The molecule has 3 rings (SSSR count). The number of carbonyl (C=O) groups is 3. The highest BCUT2D eigenvalue weighted by molar-refractivity contribution is 7.15. The number of nitrogens with two attached hydrogens (primary N) is 1. The van der Waals surface area contributed by atoms with E-state index in [2.05, 4.69) is 12.2 Å². The molecule has 1 aromatic carbocycles. The van der Waals surface area contributed by atoms with Crippen LogP contribution in [0.25, 0.3) is 11.1 Å². The Morgan fingerprint density at radius 1 is 1.13 bits per heavy atom. The van der Waals surface area contributed by atoms with Crippen molar-refractivity contribution in [2.75, 3.05) is 5.32 Å². The van der Waals surface area contributed by atoms with Gasteiger partial charge in [0.15, 0.2) is 0 Å². The number of carbonyl (C=O) groups excluding carboxylic acids is 2. The lowest BCUT2D eigenvalue weighted by Gasteiger charge is -2.24. The van der Waals surface area contributed by atoms with Crippen LogP contribution in [0.1, 0.15) is 48.5 Å². The van der Waals surface area contributed by atoms with E-state index >= 15 is 0 Å². The molecule has 2 aromatic rings. The number of unbranched alkanes of at least 4 members (excludes halogenated alkanes) is 1. The third-order valence-corrected chi connectivity index (χ3v) is 6.34. The summed E-state index contributed by atoms with van der Waals surface area (Å²) in [6, 6.07) is 7.99. The molecule has 0 saturated carbocycles. The summed E-state index contributed by atoms with van der Waals surface area (Å²) in [7, 11) is 0. The minimum Gasteiger partial charge on any atom is -0.481 e. The van der Waals surface area contributed by atoms with Gasteiger partial charge in [0.05, 0.1) is 17.4 Å². The first-order chi connectivity index (χ1) is 14.4. The van der Waals surface area contributed by atoms with E-state index in [1.807, 2.05) is 30.3 Å². The van der Waals surface area contributed by atoms with Gasteiger partial charge < -0.3 is 16.2 Å². The monoisotopic (exact) mass is 426 g/mol. The molecule has 0 radical (unpaired) electrons. The summed E-state index contributed by atoms with van der Waals surface area (Å²) in [4.78, 5) is 36.5. The summed E-state index contributed by atoms with van der Waals surface area (Å²) in [5.74, 6) is -3.49. The zero-order valence-electron chi connectivity index (χ0n) is 16.9. The zero-order valence-corrected chi connectivity index (χ0v) is 17.7. The van der Waals surface area contributed by atoms with E-state index in [1.165, 1.54) is 16.9 Å². The van der Waals surface area contributed by atoms with Crippen LogP contribution in [0.15, 0.2) is 41.8 Å². The summed E-state index contributed by atoms with van der Waals surface area (Å²) < 4.78 is 0. The second-order valence-corrected chi connectivity index (χ2v) is 8.38. The molecule has 0 saturated heterocycles. The van der Waals surface area contributed by atoms with E-state index in [0.29, 0.717) is 23.4 Å². The van der Waals surface area contributed by atoms with Crippen molar-refractivity contribution >= 4 is 34.1 Å². The first kappa shape index (κ1) is 21.8. The van der Waals surface area contributed by atoms with Crippen molar-refractivity contribution < 1.29 is 19.5 Å². The predicted molar refractivity (Wildman–Crippen MR) is 119 cm³/mol. The van der Waals surface area contributed by atoms with E-state index < -0.39 is 29.6 Å². The van der Waals surface area contributed by atoms with Crippen LogP contribution in [0.4, 0.5) is 5.00 Å². The van der Waals surface area contributed by atoms with Gasteiger partial charge in [0.1, 0.15) is 5.00 Å². The van der Waals surface area contributed by atoms with E-state index in [-0.39, 0.29) is 5.56 Å². The fourth-order valence-corrected chi connectivity index (χ4v) is 4.70. The summed E-state index contributed by atoms with van der Waals surface area (Å²) in [6.07, 6.45) is 7.52. The van der Waals surface area contributed by atoms with Crippen molar-refractivity contribution in [3.8, 4) is 11.1 Å². The predicted octanol–water partition coefficient (Wildman–Crippen LogP) is 4.46. The second kappa shape index (κ2) is 9.71. The first-order valence-corrected chi connectivity index (χ1v) is 11.0. The fraction of sp³-hybridized carbons (Fsp3) is 0.348. The fourth-order valence-electron chi connectivity index (χ4n) is 3.72. The lowest BCUT2D eigenvalue weighted by atomic mass is 9.82. The third-order valence-electron chi connectivity index (χ3n) is 5.44. The number of aliphatic carboxylic acids is 1. The van der Waals surface area contributed by atoms with Gasteiger partial charge in [0, 0.05) is 10.9 Å². The maximum absolute atomic E-state index is 12.8. The quantitative estimate of drug-likeness (QED) is 0.541. The van der Waals surface area contributed by atoms with Crippen LogP contribution in [0, 0.1) is 11.8 Å². The SMILES string of the molecule is CCCCc1ccc(-c2csc(NC(=O)[C@@H]3CC=CC[C@H]3C(=O)O)c2C(N)=O)cc1. The number of amides is 2. The molecule has 0 spiro atoms. The number of carboxylic acids is 1. The molecule has 30 heavy (non-hydrogen) atoms. The molecule has 6 nitrogen and oxygen atoms in total. The number of primary amides is 1. The van der Waals surface area contributed by atoms with Gasteiger partial charge in [-0.15, -0.1) is 11.3 Å². The van der Waals surface area contributed by atoms with E-state index in [1.54, 1.807) is 11.5 Å². The van der Waals surface area contributed by atoms with Crippen molar-refractivity contribution in [3.05, 3.63) is 52.9 Å². The molecule has 1 aliphatic carbocycles. The van der Waals surface area contributed by atoms with Crippen molar-refractivity contribution in [1.29, 1.82) is 0 Å². The smallest absolute Gasteiger partial charge is 0.307 e. The van der Waals surface area contributed by atoms with Gasteiger partial charge in [0.25, 0.3) is 5.91 Å². The number of rotatable bonds is 8. The van der Waals surface area contributed by atoms with E-state index in [9.17, 15) is 19.5 Å². The standard InChI is InChI=1S/C23H26N2O4S/c1-2-3-6-14-9-11-15(12-10-14)18-13-30-22(19(18)20(24)26)25-21(27)16-7-4-5-8-17(16)23(28)29/h4-5,9-13,16-17H,2-3,6-8H2,1H3,(H2,24,26)(H,25,27)(H,28,29)/t16-,17-/m1/s1. The van der Waals surface area contributed by atoms with Crippen molar-refractivity contribution in [2.45, 2.75) is 39.0 Å². The normalized spacial score (nSPS) is 18.2. The van der Waals surface area contributed by atoms with Gasteiger partial charge in [-0.2, -0.15) is 0 Å².